The first-order chi connectivity index (χ1) is 14.2. The molecule has 30 heavy (non-hydrogen) atoms. The summed E-state index contributed by atoms with van der Waals surface area (Å²) < 4.78 is 6.15. The Morgan fingerprint density at radius 1 is 1.33 bits per heavy atom. The van der Waals surface area contributed by atoms with Crippen molar-refractivity contribution in [3.8, 4) is 0 Å². The van der Waals surface area contributed by atoms with Crippen molar-refractivity contribution in [3.63, 3.8) is 0 Å². The zero-order valence-corrected chi connectivity index (χ0v) is 19.2. The van der Waals surface area contributed by atoms with Crippen molar-refractivity contribution >= 4 is 39.1 Å². The summed E-state index contributed by atoms with van der Waals surface area (Å²) >= 11 is 3.39. The maximum atomic E-state index is 12.2. The van der Waals surface area contributed by atoms with Crippen LogP contribution in [0.15, 0.2) is 47.8 Å². The molecule has 0 aliphatic carbocycles. The van der Waals surface area contributed by atoms with E-state index in [1.54, 1.807) is 12.4 Å². The summed E-state index contributed by atoms with van der Waals surface area (Å²) in [6.45, 7) is 11.3. The number of amides is 1. The van der Waals surface area contributed by atoms with Crippen LogP contribution in [-0.4, -0.2) is 40.8 Å². The van der Waals surface area contributed by atoms with Gasteiger partial charge in [-0.1, -0.05) is 12.6 Å². The lowest BCUT2D eigenvalue weighted by molar-refractivity contribution is 0.0500. The molecule has 2 aromatic rings. The second kappa shape index (κ2) is 9.47. The summed E-state index contributed by atoms with van der Waals surface area (Å²) in [6.07, 6.45) is 5.06. The van der Waals surface area contributed by atoms with Gasteiger partial charge in [-0.15, -0.1) is 0 Å². The molecule has 3 heterocycles. The van der Waals surface area contributed by atoms with Crippen molar-refractivity contribution < 1.29 is 9.53 Å². The van der Waals surface area contributed by atoms with E-state index in [9.17, 15) is 4.79 Å². The number of anilines is 2. The summed E-state index contributed by atoms with van der Waals surface area (Å²) in [5.74, 6) is 0. The number of pyridine rings is 2. The molecule has 1 saturated heterocycles. The van der Waals surface area contributed by atoms with Crippen LogP contribution >= 0.6 is 15.9 Å². The van der Waals surface area contributed by atoms with Crippen LogP contribution in [-0.2, 0) is 4.74 Å². The van der Waals surface area contributed by atoms with Gasteiger partial charge >= 0.3 is 6.09 Å². The Morgan fingerprint density at radius 3 is 2.87 bits per heavy atom. The van der Waals surface area contributed by atoms with Gasteiger partial charge in [0.15, 0.2) is 0 Å². The Morgan fingerprint density at radius 2 is 2.13 bits per heavy atom. The first-order valence-electron chi connectivity index (χ1n) is 9.98. The Bertz CT molecular complexity index is 912. The zero-order valence-electron chi connectivity index (χ0n) is 17.6. The molecule has 2 aromatic heterocycles. The highest BCUT2D eigenvalue weighted by molar-refractivity contribution is 9.10. The summed E-state index contributed by atoms with van der Waals surface area (Å²) in [4.78, 5) is 23.1. The predicted molar refractivity (Wildman–Crippen MR) is 123 cm³/mol. The van der Waals surface area contributed by atoms with Gasteiger partial charge in [-0.2, -0.15) is 0 Å². The van der Waals surface area contributed by atoms with E-state index in [0.717, 1.165) is 41.1 Å². The van der Waals surface area contributed by atoms with Crippen molar-refractivity contribution in [2.75, 3.05) is 23.3 Å². The molecule has 2 N–H and O–H groups in total. The number of hydrogen-bond acceptors (Lipinski definition) is 6. The molecule has 1 aliphatic heterocycles. The summed E-state index contributed by atoms with van der Waals surface area (Å²) in [7, 11) is 0. The lowest BCUT2D eigenvalue weighted by atomic mass is 10.0. The van der Waals surface area contributed by atoms with Gasteiger partial charge in [0.2, 0.25) is 0 Å². The van der Waals surface area contributed by atoms with E-state index in [-0.39, 0.29) is 12.1 Å². The van der Waals surface area contributed by atoms with Gasteiger partial charge in [0.25, 0.3) is 0 Å². The molecule has 0 radical (unpaired) electrons. The van der Waals surface area contributed by atoms with Crippen LogP contribution in [0.1, 0.15) is 39.3 Å². The standard InChI is InChI=1S/C22H28BrN5O2/c1-15(17-8-5-9-20(23)27-17)25-18-13-24-11-10-19(18)28-12-6-7-16(14-28)26-21(29)30-22(2,3)4/h5,8-11,13,16,25H,1,6-7,12,14H2,2-4H3,(H,26,29)/t16-/m0/s1. The molecule has 1 amide bonds. The van der Waals surface area contributed by atoms with Crippen LogP contribution in [0.2, 0.25) is 0 Å². The van der Waals surface area contributed by atoms with Crippen molar-refractivity contribution in [1.82, 2.24) is 15.3 Å². The highest BCUT2D eigenvalue weighted by Gasteiger charge is 2.25. The van der Waals surface area contributed by atoms with Gasteiger partial charge in [-0.25, -0.2) is 9.78 Å². The number of hydrogen-bond donors (Lipinski definition) is 2. The SMILES string of the molecule is C=C(Nc1cnccc1N1CCC[C@H](NC(=O)OC(C)(C)C)C1)c1cccc(Br)n1. The molecule has 3 rings (SSSR count). The summed E-state index contributed by atoms with van der Waals surface area (Å²) in [5.41, 5.74) is 2.79. The van der Waals surface area contributed by atoms with Crippen LogP contribution in [0, 0.1) is 0 Å². The number of nitrogens with one attached hydrogen (secondary N) is 2. The maximum absolute atomic E-state index is 12.2. The molecule has 7 nitrogen and oxygen atoms in total. The number of rotatable bonds is 5. The molecular formula is C22H28BrN5O2. The molecule has 1 aliphatic rings. The highest BCUT2D eigenvalue weighted by Crippen LogP contribution is 2.30. The van der Waals surface area contributed by atoms with Gasteiger partial charge in [-0.05, 0) is 67.7 Å². The molecule has 0 saturated carbocycles. The van der Waals surface area contributed by atoms with Crippen molar-refractivity contribution in [2.24, 2.45) is 0 Å². The molecule has 0 bridgehead atoms. The minimum Gasteiger partial charge on any atom is -0.444 e. The molecule has 1 fully saturated rings. The third kappa shape index (κ3) is 6.19. The molecule has 8 heteroatoms. The number of halogens is 1. The van der Waals surface area contributed by atoms with E-state index in [1.807, 2.05) is 45.0 Å². The fraction of sp³-hybridized carbons (Fsp3) is 0.409. The van der Waals surface area contributed by atoms with Crippen LogP contribution in [0.4, 0.5) is 16.2 Å². The van der Waals surface area contributed by atoms with Gasteiger partial charge in [0.05, 0.1) is 29.0 Å². The fourth-order valence-electron chi connectivity index (χ4n) is 3.35. The van der Waals surface area contributed by atoms with Crippen LogP contribution in [0.5, 0.6) is 0 Å². The normalized spacial score (nSPS) is 16.7. The third-order valence-corrected chi connectivity index (χ3v) is 5.03. The molecule has 0 spiro atoms. The largest absolute Gasteiger partial charge is 0.444 e. The quantitative estimate of drug-likeness (QED) is 0.606. The second-order valence-corrected chi connectivity index (χ2v) is 9.09. The topological polar surface area (TPSA) is 79.4 Å². The van der Waals surface area contributed by atoms with Gasteiger partial charge in [0.1, 0.15) is 10.2 Å². The third-order valence-electron chi connectivity index (χ3n) is 4.59. The van der Waals surface area contributed by atoms with E-state index in [0.29, 0.717) is 12.2 Å². The molecule has 0 aromatic carbocycles. The summed E-state index contributed by atoms with van der Waals surface area (Å²) in [6, 6.07) is 7.68. The van der Waals surface area contributed by atoms with E-state index in [1.165, 1.54) is 0 Å². The number of alkyl carbamates (subject to hydrolysis) is 1. The average molecular weight is 474 g/mol. The number of piperidine rings is 1. The number of nitrogens with zero attached hydrogens (tertiary/aromatic N) is 3. The number of carbonyl (C=O) groups is 1. The lowest BCUT2D eigenvalue weighted by Crippen LogP contribution is -2.49. The number of ether oxygens (including phenoxy) is 1. The fourth-order valence-corrected chi connectivity index (χ4v) is 3.69. The van der Waals surface area contributed by atoms with Crippen molar-refractivity contribution in [3.05, 3.63) is 53.5 Å². The Balaban J connectivity index is 1.70. The first-order valence-corrected chi connectivity index (χ1v) is 10.8. The van der Waals surface area contributed by atoms with E-state index in [2.05, 4.69) is 48.0 Å². The van der Waals surface area contributed by atoms with Gasteiger partial charge < -0.3 is 20.3 Å². The minimum atomic E-state index is -0.512. The monoisotopic (exact) mass is 473 g/mol. The van der Waals surface area contributed by atoms with E-state index >= 15 is 0 Å². The smallest absolute Gasteiger partial charge is 0.407 e. The summed E-state index contributed by atoms with van der Waals surface area (Å²) in [5, 5.41) is 6.34. The van der Waals surface area contributed by atoms with Gasteiger partial charge in [-0.3, -0.25) is 4.98 Å². The van der Waals surface area contributed by atoms with Crippen LogP contribution < -0.4 is 15.5 Å². The highest BCUT2D eigenvalue weighted by atomic mass is 79.9. The second-order valence-electron chi connectivity index (χ2n) is 8.27. The van der Waals surface area contributed by atoms with E-state index in [4.69, 9.17) is 4.74 Å². The van der Waals surface area contributed by atoms with Crippen LogP contribution in [0.3, 0.4) is 0 Å². The molecule has 1 atom stereocenters. The molecular weight excluding hydrogens is 446 g/mol. The van der Waals surface area contributed by atoms with Gasteiger partial charge in [0, 0.05) is 25.3 Å². The molecule has 0 unspecified atom stereocenters. The van der Waals surface area contributed by atoms with Crippen molar-refractivity contribution in [2.45, 2.75) is 45.3 Å². The number of carbonyl (C=O) groups excluding carboxylic acids is 1. The zero-order chi connectivity index (χ0) is 21.7. The van der Waals surface area contributed by atoms with E-state index < -0.39 is 5.60 Å². The molecule has 160 valence electrons. The lowest BCUT2D eigenvalue weighted by Gasteiger charge is -2.36. The Labute approximate surface area is 186 Å². The average Bonchev–Trinajstić information content (AvgIpc) is 2.67. The predicted octanol–water partition coefficient (Wildman–Crippen LogP) is 4.82. The number of aromatic nitrogens is 2. The first kappa shape index (κ1) is 22.1. The maximum Gasteiger partial charge on any atom is 0.407 e. The van der Waals surface area contributed by atoms with Crippen LogP contribution in [0.25, 0.3) is 5.70 Å². The minimum absolute atomic E-state index is 0.0181. The van der Waals surface area contributed by atoms with Crippen molar-refractivity contribution in [1.29, 1.82) is 0 Å². The Kier molecular flexibility index (Phi) is 6.97. The Hall–Kier alpha value is -2.61.